The lowest BCUT2D eigenvalue weighted by molar-refractivity contribution is 0.617. The summed E-state index contributed by atoms with van der Waals surface area (Å²) in [6.45, 7) is 2.18. The molecule has 1 aromatic heterocycles. The zero-order chi connectivity index (χ0) is 9.26. The highest BCUT2D eigenvalue weighted by atomic mass is 79.9. The molecule has 0 amide bonds. The Labute approximate surface area is 96.2 Å². The first kappa shape index (κ1) is 10.1. The van der Waals surface area contributed by atoms with E-state index in [4.69, 9.17) is 0 Å². The number of thiophene rings is 1. The van der Waals surface area contributed by atoms with Crippen molar-refractivity contribution >= 4 is 39.0 Å². The average Bonchev–Trinajstić information content (AvgIpc) is 2.64. The summed E-state index contributed by atoms with van der Waals surface area (Å²) in [6.07, 6.45) is 1.26. The van der Waals surface area contributed by atoms with Crippen LogP contribution in [0.15, 0.2) is 11.4 Å². The molecule has 1 aliphatic heterocycles. The van der Waals surface area contributed by atoms with Crippen molar-refractivity contribution in [3.63, 3.8) is 0 Å². The van der Waals surface area contributed by atoms with Gasteiger partial charge < -0.3 is 0 Å². The minimum Gasteiger partial charge on any atom is -0.160 e. The maximum atomic E-state index is 3.75. The monoisotopic (exact) mass is 276 g/mol. The molecule has 0 nitrogen and oxygen atoms in total. The first-order chi connectivity index (χ1) is 6.25. The van der Waals surface area contributed by atoms with E-state index in [1.54, 1.807) is 0 Å². The molecule has 3 heteroatoms. The molecule has 0 aromatic carbocycles. The maximum absolute atomic E-state index is 3.75. The van der Waals surface area contributed by atoms with Gasteiger partial charge in [0.25, 0.3) is 0 Å². The summed E-state index contributed by atoms with van der Waals surface area (Å²) in [6, 6.07) is 2.33. The van der Waals surface area contributed by atoms with Crippen LogP contribution in [-0.4, -0.2) is 16.3 Å². The zero-order valence-electron chi connectivity index (χ0n) is 7.63. The van der Waals surface area contributed by atoms with Gasteiger partial charge in [0.1, 0.15) is 0 Å². The Kier molecular flexibility index (Phi) is 3.38. The molecule has 2 heterocycles. The molecule has 0 aliphatic carbocycles. The van der Waals surface area contributed by atoms with Crippen molar-refractivity contribution < 1.29 is 0 Å². The first-order valence-corrected chi connectivity index (χ1v) is 7.46. The number of hydrogen-bond donors (Lipinski definition) is 0. The summed E-state index contributed by atoms with van der Waals surface area (Å²) in [7, 11) is 0. The highest BCUT2D eigenvalue weighted by Gasteiger charge is 2.25. The van der Waals surface area contributed by atoms with Gasteiger partial charge in [0, 0.05) is 15.5 Å². The van der Waals surface area contributed by atoms with Crippen LogP contribution in [0, 0.1) is 12.8 Å². The Morgan fingerprint density at radius 3 is 2.92 bits per heavy atom. The predicted molar refractivity (Wildman–Crippen MR) is 66.3 cm³/mol. The molecule has 0 bridgehead atoms. The number of aryl methyl sites for hydroxylation is 1. The van der Waals surface area contributed by atoms with E-state index in [9.17, 15) is 0 Å². The Morgan fingerprint density at radius 1 is 1.54 bits per heavy atom. The van der Waals surface area contributed by atoms with Gasteiger partial charge in [0.15, 0.2) is 0 Å². The molecule has 13 heavy (non-hydrogen) atoms. The van der Waals surface area contributed by atoms with Gasteiger partial charge in [-0.3, -0.25) is 0 Å². The number of alkyl halides is 1. The second-order valence-electron chi connectivity index (χ2n) is 3.58. The lowest BCUT2D eigenvalue weighted by Gasteiger charge is -2.10. The SMILES string of the molecule is Cc1cc(CC2CSCC2Br)cs1. The minimum absolute atomic E-state index is 0.734. The lowest BCUT2D eigenvalue weighted by Crippen LogP contribution is -2.13. The molecule has 1 aliphatic rings. The summed E-state index contributed by atoms with van der Waals surface area (Å²) < 4.78 is 0. The van der Waals surface area contributed by atoms with Crippen LogP contribution in [0.3, 0.4) is 0 Å². The molecule has 0 saturated carbocycles. The fourth-order valence-electron chi connectivity index (χ4n) is 1.67. The van der Waals surface area contributed by atoms with Crippen LogP contribution < -0.4 is 0 Å². The van der Waals surface area contributed by atoms with Gasteiger partial charge in [-0.25, -0.2) is 0 Å². The number of hydrogen-bond acceptors (Lipinski definition) is 2. The molecule has 0 N–H and O–H groups in total. The molecule has 0 radical (unpaired) electrons. The van der Waals surface area contributed by atoms with Gasteiger partial charge in [-0.2, -0.15) is 11.8 Å². The third-order valence-electron chi connectivity index (χ3n) is 2.40. The van der Waals surface area contributed by atoms with Gasteiger partial charge in [-0.05, 0) is 42.0 Å². The van der Waals surface area contributed by atoms with Crippen molar-refractivity contribution in [1.29, 1.82) is 0 Å². The molecule has 2 atom stereocenters. The van der Waals surface area contributed by atoms with E-state index in [2.05, 4.69) is 46.1 Å². The fraction of sp³-hybridized carbons (Fsp3) is 0.600. The van der Waals surface area contributed by atoms with E-state index in [1.807, 2.05) is 11.3 Å². The Balaban J connectivity index is 1.97. The van der Waals surface area contributed by atoms with Gasteiger partial charge in [-0.15, -0.1) is 11.3 Å². The lowest BCUT2D eigenvalue weighted by atomic mass is 10.0. The topological polar surface area (TPSA) is 0 Å². The summed E-state index contributed by atoms with van der Waals surface area (Å²) in [5.74, 6) is 3.46. The molecule has 1 aromatic rings. The van der Waals surface area contributed by atoms with Crippen LogP contribution in [-0.2, 0) is 6.42 Å². The van der Waals surface area contributed by atoms with E-state index < -0.39 is 0 Å². The summed E-state index contributed by atoms with van der Waals surface area (Å²) in [4.78, 5) is 2.17. The van der Waals surface area contributed by atoms with Crippen molar-refractivity contribution in [2.24, 2.45) is 5.92 Å². The van der Waals surface area contributed by atoms with Crippen molar-refractivity contribution in [1.82, 2.24) is 0 Å². The van der Waals surface area contributed by atoms with Crippen LogP contribution >= 0.6 is 39.0 Å². The molecule has 1 saturated heterocycles. The van der Waals surface area contributed by atoms with E-state index in [1.165, 1.54) is 28.4 Å². The predicted octanol–water partition coefficient (Wildman–Crippen LogP) is 3.73. The molecule has 72 valence electrons. The number of rotatable bonds is 2. The Hall–Kier alpha value is 0.530. The van der Waals surface area contributed by atoms with Gasteiger partial charge in [0.05, 0.1) is 0 Å². The molecule has 0 spiro atoms. The maximum Gasteiger partial charge on any atom is 0.0275 e. The van der Waals surface area contributed by atoms with Crippen molar-refractivity contribution in [2.75, 3.05) is 11.5 Å². The minimum atomic E-state index is 0.734. The van der Waals surface area contributed by atoms with E-state index in [0.717, 1.165) is 10.7 Å². The standard InChI is InChI=1S/C10H13BrS2/c1-7-2-8(4-13-7)3-9-5-12-6-10(9)11/h2,4,9-10H,3,5-6H2,1H3. The van der Waals surface area contributed by atoms with Crippen LogP contribution in [0.25, 0.3) is 0 Å². The highest BCUT2D eigenvalue weighted by Crippen LogP contribution is 2.32. The second-order valence-corrected chi connectivity index (χ2v) is 6.95. The third kappa shape index (κ3) is 2.51. The van der Waals surface area contributed by atoms with Crippen molar-refractivity contribution in [3.8, 4) is 0 Å². The summed E-state index contributed by atoms with van der Waals surface area (Å²) in [5.41, 5.74) is 1.53. The molecule has 1 fully saturated rings. The molecular weight excluding hydrogens is 264 g/mol. The number of thioether (sulfide) groups is 1. The zero-order valence-corrected chi connectivity index (χ0v) is 10.8. The third-order valence-corrected chi connectivity index (χ3v) is 6.07. The largest absolute Gasteiger partial charge is 0.160 e. The highest BCUT2D eigenvalue weighted by molar-refractivity contribution is 9.09. The fourth-order valence-corrected chi connectivity index (χ4v) is 4.86. The molecule has 2 rings (SSSR count). The Morgan fingerprint density at radius 2 is 2.38 bits per heavy atom. The van der Waals surface area contributed by atoms with Crippen LogP contribution in [0.1, 0.15) is 10.4 Å². The smallest absolute Gasteiger partial charge is 0.0275 e. The second kappa shape index (κ2) is 4.37. The van der Waals surface area contributed by atoms with Gasteiger partial charge in [-0.1, -0.05) is 15.9 Å². The van der Waals surface area contributed by atoms with Crippen LogP contribution in [0.4, 0.5) is 0 Å². The average molecular weight is 277 g/mol. The summed E-state index contributed by atoms with van der Waals surface area (Å²) >= 11 is 7.69. The molecule has 2 unspecified atom stereocenters. The van der Waals surface area contributed by atoms with Crippen molar-refractivity contribution in [2.45, 2.75) is 18.2 Å². The number of halogens is 1. The van der Waals surface area contributed by atoms with E-state index in [0.29, 0.717) is 0 Å². The van der Waals surface area contributed by atoms with Gasteiger partial charge in [0.2, 0.25) is 0 Å². The molecular formula is C10H13BrS2. The van der Waals surface area contributed by atoms with Crippen LogP contribution in [0.5, 0.6) is 0 Å². The van der Waals surface area contributed by atoms with Crippen molar-refractivity contribution in [3.05, 3.63) is 21.9 Å². The van der Waals surface area contributed by atoms with E-state index in [-0.39, 0.29) is 0 Å². The van der Waals surface area contributed by atoms with E-state index >= 15 is 0 Å². The normalized spacial score (nSPS) is 28.2. The van der Waals surface area contributed by atoms with Gasteiger partial charge >= 0.3 is 0 Å². The first-order valence-electron chi connectivity index (χ1n) is 4.51. The summed E-state index contributed by atoms with van der Waals surface area (Å²) in [5, 5.41) is 2.30. The quantitative estimate of drug-likeness (QED) is 0.742. The Bertz CT molecular complexity index is 282. The van der Waals surface area contributed by atoms with Crippen LogP contribution in [0.2, 0.25) is 0 Å².